The monoisotopic (exact) mass is 365 g/mol. The number of hydrogen-bond acceptors (Lipinski definition) is 4. The summed E-state index contributed by atoms with van der Waals surface area (Å²) < 4.78 is 12.2. The van der Waals surface area contributed by atoms with E-state index in [1.54, 1.807) is 13.0 Å². The van der Waals surface area contributed by atoms with Crippen LogP contribution >= 0.6 is 15.9 Å². The smallest absolute Gasteiger partial charge is 0.326 e. The first-order chi connectivity index (χ1) is 10.6. The summed E-state index contributed by atoms with van der Waals surface area (Å²) >= 11 is 3.28. The normalized spacial score (nSPS) is 10.3. The molecule has 0 aliphatic heterocycles. The van der Waals surface area contributed by atoms with Crippen LogP contribution in [0, 0.1) is 0 Å². The molecule has 0 atom stereocenters. The lowest BCUT2D eigenvalue weighted by Crippen LogP contribution is -2.25. The molecule has 2 aromatic rings. The van der Waals surface area contributed by atoms with Gasteiger partial charge in [0.2, 0.25) is 0 Å². The minimum Gasteiger partial charge on any atom is -0.489 e. The maximum atomic E-state index is 12.1. The van der Waals surface area contributed by atoms with Crippen LogP contribution in [0.2, 0.25) is 0 Å². The van der Waals surface area contributed by atoms with Crippen molar-refractivity contribution in [1.29, 1.82) is 0 Å². The first kappa shape index (κ1) is 16.3. The van der Waals surface area contributed by atoms with E-state index in [0.717, 1.165) is 5.56 Å². The molecule has 6 heteroatoms. The van der Waals surface area contributed by atoms with Gasteiger partial charge in [-0.25, -0.2) is 0 Å². The molecule has 0 unspecified atom stereocenters. The summed E-state index contributed by atoms with van der Waals surface area (Å²) in [4.78, 5) is 23.5. The van der Waals surface area contributed by atoms with Crippen LogP contribution in [0.5, 0.6) is 5.75 Å². The van der Waals surface area contributed by atoms with E-state index >= 15 is 0 Å². The highest BCUT2D eigenvalue weighted by atomic mass is 79.9. The second-order valence-electron chi connectivity index (χ2n) is 4.52. The highest BCUT2D eigenvalue weighted by molar-refractivity contribution is 9.10. The Labute approximate surface area is 136 Å². The first-order valence-corrected chi connectivity index (χ1v) is 7.62. The molecule has 1 aromatic heterocycles. The number of pyridine rings is 1. The third-order valence-electron chi connectivity index (χ3n) is 2.89. The Morgan fingerprint density at radius 2 is 1.95 bits per heavy atom. The Balaban J connectivity index is 2.09. The van der Waals surface area contributed by atoms with Crippen LogP contribution in [-0.2, 0) is 22.7 Å². The van der Waals surface area contributed by atoms with Crippen molar-refractivity contribution in [3.05, 3.63) is 63.0 Å². The van der Waals surface area contributed by atoms with E-state index in [1.165, 1.54) is 10.6 Å². The summed E-state index contributed by atoms with van der Waals surface area (Å²) in [7, 11) is 0. The third kappa shape index (κ3) is 4.46. The fourth-order valence-electron chi connectivity index (χ4n) is 1.86. The average molecular weight is 366 g/mol. The van der Waals surface area contributed by atoms with Gasteiger partial charge < -0.3 is 9.47 Å². The lowest BCUT2D eigenvalue weighted by atomic mass is 10.2. The van der Waals surface area contributed by atoms with Crippen molar-refractivity contribution in [2.24, 2.45) is 0 Å². The lowest BCUT2D eigenvalue weighted by Gasteiger charge is -2.11. The average Bonchev–Trinajstić information content (AvgIpc) is 2.50. The molecule has 5 nitrogen and oxygen atoms in total. The number of halogens is 1. The van der Waals surface area contributed by atoms with Gasteiger partial charge in [0.25, 0.3) is 5.56 Å². The van der Waals surface area contributed by atoms with Crippen LogP contribution in [0.1, 0.15) is 12.5 Å². The molecule has 1 aromatic carbocycles. The molecule has 0 amide bonds. The highest BCUT2D eigenvalue weighted by Gasteiger charge is 2.10. The summed E-state index contributed by atoms with van der Waals surface area (Å²) in [6, 6.07) is 12.7. The van der Waals surface area contributed by atoms with Crippen molar-refractivity contribution < 1.29 is 14.3 Å². The number of ether oxygens (including phenoxy) is 2. The fourth-order valence-corrected chi connectivity index (χ4v) is 2.38. The van der Waals surface area contributed by atoms with E-state index < -0.39 is 5.97 Å². The Morgan fingerprint density at radius 1 is 1.23 bits per heavy atom. The van der Waals surface area contributed by atoms with Gasteiger partial charge in [-0.2, -0.15) is 0 Å². The minimum absolute atomic E-state index is 0.133. The van der Waals surface area contributed by atoms with Crippen LogP contribution in [0.3, 0.4) is 0 Å². The lowest BCUT2D eigenvalue weighted by molar-refractivity contribution is -0.143. The van der Waals surface area contributed by atoms with Crippen LogP contribution in [0.15, 0.2) is 51.9 Å². The number of aromatic nitrogens is 1. The van der Waals surface area contributed by atoms with Crippen molar-refractivity contribution in [2.75, 3.05) is 6.61 Å². The standard InChI is InChI=1S/C16H16BrNO4/c1-2-21-16(20)10-18-14(17)8-13(9-15(18)19)22-11-12-6-4-3-5-7-12/h3-9H,2,10-11H2,1H3. The van der Waals surface area contributed by atoms with Crippen molar-refractivity contribution in [2.45, 2.75) is 20.1 Å². The molecule has 0 saturated carbocycles. The van der Waals surface area contributed by atoms with Crippen LogP contribution in [-0.4, -0.2) is 17.1 Å². The molecular formula is C16H16BrNO4. The molecule has 1 heterocycles. The Hall–Kier alpha value is -2.08. The van der Waals surface area contributed by atoms with Crippen LogP contribution in [0.4, 0.5) is 0 Å². The molecule has 116 valence electrons. The van der Waals surface area contributed by atoms with Gasteiger partial charge in [0.15, 0.2) is 0 Å². The number of nitrogens with zero attached hydrogens (tertiary/aromatic N) is 1. The quantitative estimate of drug-likeness (QED) is 0.583. The predicted octanol–water partition coefficient (Wildman–Crippen LogP) is 2.75. The molecule has 2 rings (SSSR count). The van der Waals surface area contributed by atoms with E-state index in [2.05, 4.69) is 15.9 Å². The van der Waals surface area contributed by atoms with Crippen molar-refractivity contribution in [1.82, 2.24) is 4.57 Å². The van der Waals surface area contributed by atoms with Gasteiger partial charge in [0.1, 0.15) is 18.9 Å². The van der Waals surface area contributed by atoms with Crippen molar-refractivity contribution in [3.8, 4) is 5.75 Å². The van der Waals surface area contributed by atoms with Gasteiger partial charge in [0, 0.05) is 12.1 Å². The molecule has 0 N–H and O–H groups in total. The van der Waals surface area contributed by atoms with Crippen LogP contribution in [0.25, 0.3) is 0 Å². The first-order valence-electron chi connectivity index (χ1n) is 6.83. The van der Waals surface area contributed by atoms with Gasteiger partial charge in [-0.15, -0.1) is 0 Å². The van der Waals surface area contributed by atoms with E-state index in [0.29, 0.717) is 17.0 Å². The zero-order valence-electron chi connectivity index (χ0n) is 12.1. The summed E-state index contributed by atoms with van der Waals surface area (Å²) in [5.74, 6) is -0.0101. The van der Waals surface area contributed by atoms with Crippen molar-refractivity contribution >= 4 is 21.9 Å². The maximum absolute atomic E-state index is 12.1. The Morgan fingerprint density at radius 3 is 2.59 bits per heavy atom. The van der Waals surface area contributed by atoms with Gasteiger partial charge in [0.05, 0.1) is 11.2 Å². The van der Waals surface area contributed by atoms with Crippen molar-refractivity contribution in [3.63, 3.8) is 0 Å². The minimum atomic E-state index is -0.455. The SMILES string of the molecule is CCOC(=O)Cn1c(Br)cc(OCc2ccccc2)cc1=O. The van der Waals surface area contributed by atoms with Gasteiger partial charge >= 0.3 is 5.97 Å². The fraction of sp³-hybridized carbons (Fsp3) is 0.250. The molecule has 0 aliphatic carbocycles. The summed E-state index contributed by atoms with van der Waals surface area (Å²) in [6.45, 7) is 2.24. The number of rotatable bonds is 6. The maximum Gasteiger partial charge on any atom is 0.326 e. The number of carbonyl (C=O) groups is 1. The predicted molar refractivity (Wildman–Crippen MR) is 85.8 cm³/mol. The second-order valence-corrected chi connectivity index (χ2v) is 5.33. The summed E-state index contributed by atoms with van der Waals surface area (Å²) in [5.41, 5.74) is 0.680. The molecule has 0 bridgehead atoms. The molecule has 0 radical (unpaired) electrons. The van der Waals surface area contributed by atoms with Gasteiger partial charge in [-0.3, -0.25) is 14.2 Å². The molecule has 0 aliphatic rings. The van der Waals surface area contributed by atoms with E-state index in [4.69, 9.17) is 9.47 Å². The summed E-state index contributed by atoms with van der Waals surface area (Å²) in [6.07, 6.45) is 0. The number of hydrogen-bond donors (Lipinski definition) is 0. The van der Waals surface area contributed by atoms with Gasteiger partial charge in [-0.1, -0.05) is 30.3 Å². The van der Waals surface area contributed by atoms with Gasteiger partial charge in [-0.05, 0) is 28.4 Å². The zero-order valence-corrected chi connectivity index (χ0v) is 13.7. The van der Waals surface area contributed by atoms with E-state index in [9.17, 15) is 9.59 Å². The largest absolute Gasteiger partial charge is 0.489 e. The Kier molecular flexibility index (Phi) is 5.77. The molecule has 0 spiro atoms. The van der Waals surface area contributed by atoms with E-state index in [1.807, 2.05) is 30.3 Å². The molecule has 22 heavy (non-hydrogen) atoms. The third-order valence-corrected chi connectivity index (χ3v) is 3.55. The molecule has 0 fully saturated rings. The number of benzene rings is 1. The molecule has 0 saturated heterocycles. The topological polar surface area (TPSA) is 57.5 Å². The number of esters is 1. The second kappa shape index (κ2) is 7.79. The highest BCUT2D eigenvalue weighted by Crippen LogP contribution is 2.17. The summed E-state index contributed by atoms with van der Waals surface area (Å²) in [5, 5.41) is 0. The van der Waals surface area contributed by atoms with Crippen LogP contribution < -0.4 is 10.3 Å². The number of carbonyl (C=O) groups excluding carboxylic acids is 1. The zero-order chi connectivity index (χ0) is 15.9. The Bertz CT molecular complexity index is 697. The molecular weight excluding hydrogens is 350 g/mol. The van der Waals surface area contributed by atoms with E-state index in [-0.39, 0.29) is 18.7 Å².